The van der Waals surface area contributed by atoms with E-state index in [4.69, 9.17) is 4.74 Å². The summed E-state index contributed by atoms with van der Waals surface area (Å²) in [4.78, 5) is 14.0. The molecule has 1 aromatic rings. The summed E-state index contributed by atoms with van der Waals surface area (Å²) >= 11 is 1.76. The number of aryl methyl sites for hydroxylation is 2. The van der Waals surface area contributed by atoms with Crippen LogP contribution in [0.1, 0.15) is 23.5 Å². The van der Waals surface area contributed by atoms with E-state index < -0.39 is 0 Å². The SMILES string of the molecule is CN=C(NCCCc1nc(C)cs1)N1CCC(N2CCOCC2)C1. The van der Waals surface area contributed by atoms with Gasteiger partial charge in [-0.2, -0.15) is 0 Å². The van der Waals surface area contributed by atoms with Crippen LogP contribution in [0, 0.1) is 6.92 Å². The second-order valence-corrected chi connectivity index (χ2v) is 7.44. The highest BCUT2D eigenvalue weighted by Gasteiger charge is 2.30. The molecule has 134 valence electrons. The van der Waals surface area contributed by atoms with Gasteiger partial charge in [0, 0.05) is 63.3 Å². The summed E-state index contributed by atoms with van der Waals surface area (Å²) in [7, 11) is 1.88. The third kappa shape index (κ3) is 4.68. The van der Waals surface area contributed by atoms with Crippen molar-refractivity contribution in [3.8, 4) is 0 Å². The molecule has 1 unspecified atom stereocenters. The first-order valence-electron chi connectivity index (χ1n) is 8.94. The molecule has 7 heteroatoms. The lowest BCUT2D eigenvalue weighted by Crippen LogP contribution is -2.46. The van der Waals surface area contributed by atoms with Crippen LogP contribution in [0.15, 0.2) is 10.4 Å². The third-order valence-corrected chi connectivity index (χ3v) is 5.78. The fourth-order valence-electron chi connectivity index (χ4n) is 3.46. The average Bonchev–Trinajstić information content (AvgIpc) is 3.25. The summed E-state index contributed by atoms with van der Waals surface area (Å²) in [6.45, 7) is 9.05. The van der Waals surface area contributed by atoms with Gasteiger partial charge in [0.05, 0.1) is 18.2 Å². The lowest BCUT2D eigenvalue weighted by atomic mass is 10.2. The fourth-order valence-corrected chi connectivity index (χ4v) is 4.28. The largest absolute Gasteiger partial charge is 0.379 e. The molecule has 3 rings (SSSR count). The molecule has 2 saturated heterocycles. The number of rotatable bonds is 5. The molecular formula is C17H29N5OS. The minimum atomic E-state index is 0.644. The van der Waals surface area contributed by atoms with Gasteiger partial charge in [0.2, 0.25) is 0 Å². The van der Waals surface area contributed by atoms with E-state index in [2.05, 4.69) is 37.4 Å². The summed E-state index contributed by atoms with van der Waals surface area (Å²) in [5, 5.41) is 6.88. The normalized spacial score (nSPS) is 23.0. The third-order valence-electron chi connectivity index (χ3n) is 4.75. The molecule has 0 saturated carbocycles. The van der Waals surface area contributed by atoms with Crippen LogP contribution in [0.3, 0.4) is 0 Å². The number of morpholine rings is 1. The standard InChI is InChI=1S/C17H29N5OS/c1-14-13-24-16(20-14)4-3-6-19-17(18-2)22-7-5-15(12-22)21-8-10-23-11-9-21/h13,15H,3-12H2,1-2H3,(H,18,19). The van der Waals surface area contributed by atoms with Gasteiger partial charge in [-0.25, -0.2) is 4.98 Å². The smallest absolute Gasteiger partial charge is 0.193 e. The maximum absolute atomic E-state index is 5.46. The molecule has 24 heavy (non-hydrogen) atoms. The Morgan fingerprint density at radius 1 is 1.42 bits per heavy atom. The van der Waals surface area contributed by atoms with Gasteiger partial charge >= 0.3 is 0 Å². The lowest BCUT2D eigenvalue weighted by molar-refractivity contribution is 0.0195. The van der Waals surface area contributed by atoms with Gasteiger partial charge in [-0.1, -0.05) is 0 Å². The maximum Gasteiger partial charge on any atom is 0.193 e. The van der Waals surface area contributed by atoms with Gasteiger partial charge in [0.15, 0.2) is 5.96 Å². The quantitative estimate of drug-likeness (QED) is 0.493. The summed E-state index contributed by atoms with van der Waals surface area (Å²) < 4.78 is 5.46. The molecule has 0 bridgehead atoms. The first-order valence-corrected chi connectivity index (χ1v) is 9.82. The van der Waals surface area contributed by atoms with E-state index in [9.17, 15) is 0 Å². The summed E-state index contributed by atoms with van der Waals surface area (Å²) in [5.41, 5.74) is 1.13. The van der Waals surface area contributed by atoms with Gasteiger partial charge in [0.25, 0.3) is 0 Å². The second kappa shape index (κ2) is 8.78. The Morgan fingerprint density at radius 3 is 2.96 bits per heavy atom. The number of nitrogens with one attached hydrogen (secondary N) is 1. The number of guanidine groups is 1. The molecule has 0 spiro atoms. The number of hydrogen-bond acceptors (Lipinski definition) is 5. The van der Waals surface area contributed by atoms with E-state index in [0.29, 0.717) is 6.04 Å². The summed E-state index contributed by atoms with van der Waals surface area (Å²) in [5.74, 6) is 1.04. The number of nitrogens with zero attached hydrogens (tertiary/aromatic N) is 4. The molecule has 1 N–H and O–H groups in total. The molecule has 0 aromatic carbocycles. The molecule has 3 heterocycles. The fraction of sp³-hybridized carbons (Fsp3) is 0.765. The number of aromatic nitrogens is 1. The Balaban J connectivity index is 1.39. The molecule has 2 fully saturated rings. The van der Waals surface area contributed by atoms with Crippen LogP contribution in [-0.2, 0) is 11.2 Å². The van der Waals surface area contributed by atoms with E-state index >= 15 is 0 Å². The van der Waals surface area contributed by atoms with Crippen molar-refractivity contribution < 1.29 is 4.74 Å². The van der Waals surface area contributed by atoms with E-state index in [0.717, 1.165) is 70.4 Å². The van der Waals surface area contributed by atoms with Crippen molar-refractivity contribution in [1.29, 1.82) is 0 Å². The molecule has 0 radical (unpaired) electrons. The van der Waals surface area contributed by atoms with Crippen LogP contribution in [0.25, 0.3) is 0 Å². The average molecular weight is 352 g/mol. The van der Waals surface area contributed by atoms with Crippen LogP contribution in [0.4, 0.5) is 0 Å². The summed E-state index contributed by atoms with van der Waals surface area (Å²) in [6.07, 6.45) is 3.35. The Hall–Kier alpha value is -1.18. The Kier molecular flexibility index (Phi) is 6.45. The molecule has 1 atom stereocenters. The van der Waals surface area contributed by atoms with Crippen LogP contribution in [-0.4, -0.2) is 79.8 Å². The number of thiazole rings is 1. The molecule has 1 aromatic heterocycles. The van der Waals surface area contributed by atoms with Crippen LogP contribution < -0.4 is 5.32 Å². The predicted molar refractivity (Wildman–Crippen MR) is 98.9 cm³/mol. The topological polar surface area (TPSA) is 53.0 Å². The molecular weight excluding hydrogens is 322 g/mol. The van der Waals surface area contributed by atoms with E-state index in [1.807, 2.05) is 7.05 Å². The highest BCUT2D eigenvalue weighted by atomic mass is 32.1. The highest BCUT2D eigenvalue weighted by Crippen LogP contribution is 2.17. The van der Waals surface area contributed by atoms with Crippen LogP contribution >= 0.6 is 11.3 Å². The number of aliphatic imine (C=N–C) groups is 1. The lowest BCUT2D eigenvalue weighted by Gasteiger charge is -2.32. The van der Waals surface area contributed by atoms with E-state index in [1.54, 1.807) is 11.3 Å². The van der Waals surface area contributed by atoms with Crippen molar-refractivity contribution in [3.63, 3.8) is 0 Å². The van der Waals surface area contributed by atoms with Crippen molar-refractivity contribution in [1.82, 2.24) is 20.1 Å². The van der Waals surface area contributed by atoms with Crippen molar-refractivity contribution in [2.45, 2.75) is 32.2 Å². The zero-order valence-electron chi connectivity index (χ0n) is 14.8. The maximum atomic E-state index is 5.46. The monoisotopic (exact) mass is 351 g/mol. The Bertz CT molecular complexity index is 541. The van der Waals surface area contributed by atoms with Gasteiger partial charge in [-0.15, -0.1) is 11.3 Å². The van der Waals surface area contributed by atoms with Crippen molar-refractivity contribution in [2.75, 3.05) is 53.0 Å². The second-order valence-electron chi connectivity index (χ2n) is 6.50. The van der Waals surface area contributed by atoms with Gasteiger partial charge in [-0.3, -0.25) is 9.89 Å². The van der Waals surface area contributed by atoms with Gasteiger partial charge < -0.3 is 15.0 Å². The van der Waals surface area contributed by atoms with Crippen LogP contribution in [0.5, 0.6) is 0 Å². The number of likely N-dealkylation sites (tertiary alicyclic amines) is 1. The molecule has 0 amide bonds. The number of hydrogen-bond donors (Lipinski definition) is 1. The molecule has 6 nitrogen and oxygen atoms in total. The van der Waals surface area contributed by atoms with Crippen molar-refractivity contribution in [3.05, 3.63) is 16.1 Å². The van der Waals surface area contributed by atoms with E-state index in [-0.39, 0.29) is 0 Å². The Morgan fingerprint density at radius 2 is 2.25 bits per heavy atom. The minimum Gasteiger partial charge on any atom is -0.379 e. The zero-order chi connectivity index (χ0) is 16.8. The van der Waals surface area contributed by atoms with Crippen molar-refractivity contribution in [2.24, 2.45) is 4.99 Å². The van der Waals surface area contributed by atoms with Gasteiger partial charge in [0.1, 0.15) is 0 Å². The minimum absolute atomic E-state index is 0.644. The first kappa shape index (κ1) is 17.6. The molecule has 2 aliphatic heterocycles. The molecule has 2 aliphatic rings. The van der Waals surface area contributed by atoms with Crippen LogP contribution in [0.2, 0.25) is 0 Å². The first-order chi connectivity index (χ1) is 11.8. The molecule has 0 aliphatic carbocycles. The highest BCUT2D eigenvalue weighted by molar-refractivity contribution is 7.09. The van der Waals surface area contributed by atoms with Crippen molar-refractivity contribution >= 4 is 17.3 Å². The van der Waals surface area contributed by atoms with E-state index in [1.165, 1.54) is 11.4 Å². The Labute approximate surface area is 148 Å². The summed E-state index contributed by atoms with van der Waals surface area (Å²) in [6, 6.07) is 0.644. The van der Waals surface area contributed by atoms with Gasteiger partial charge in [-0.05, 0) is 19.8 Å². The number of ether oxygens (including phenoxy) is 1. The predicted octanol–water partition coefficient (Wildman–Crippen LogP) is 1.37. The zero-order valence-corrected chi connectivity index (χ0v) is 15.6.